The Morgan fingerprint density at radius 1 is 1.22 bits per heavy atom. The number of aromatic nitrogens is 1. The number of oxazole rings is 1. The normalized spacial score (nSPS) is 18.2. The van der Waals surface area contributed by atoms with Gasteiger partial charge in [0.1, 0.15) is 5.52 Å². The molecule has 0 saturated carbocycles. The van der Waals surface area contributed by atoms with Crippen molar-refractivity contribution in [3.63, 3.8) is 0 Å². The van der Waals surface area contributed by atoms with Gasteiger partial charge in [-0.1, -0.05) is 29.8 Å². The molecule has 1 N–H and O–H groups in total. The minimum Gasteiger partial charge on any atom is -0.423 e. The molecule has 0 atom stereocenters. The van der Waals surface area contributed by atoms with Crippen LogP contribution in [-0.2, 0) is 20.2 Å². The van der Waals surface area contributed by atoms with E-state index in [4.69, 9.17) is 16.0 Å². The third-order valence-corrected chi connectivity index (χ3v) is 7.73. The molecule has 0 bridgehead atoms. The van der Waals surface area contributed by atoms with Gasteiger partial charge in [0.05, 0.1) is 18.5 Å². The van der Waals surface area contributed by atoms with E-state index in [0.29, 0.717) is 35.8 Å². The monoisotopic (exact) mass is 474 g/mol. The molecule has 0 unspecified atom stereocenters. The summed E-state index contributed by atoms with van der Waals surface area (Å²) in [5, 5.41) is 3.26. The van der Waals surface area contributed by atoms with Crippen molar-refractivity contribution >= 4 is 50.3 Å². The summed E-state index contributed by atoms with van der Waals surface area (Å²) in [5.74, 6) is -0.205. The predicted molar refractivity (Wildman–Crippen MR) is 124 cm³/mol. The average Bonchev–Trinajstić information content (AvgIpc) is 3.28. The molecule has 3 heterocycles. The molecule has 0 aliphatic carbocycles. The number of piperidine rings is 1. The number of amides is 1. The largest absolute Gasteiger partial charge is 0.423 e. The van der Waals surface area contributed by atoms with Gasteiger partial charge in [0, 0.05) is 17.0 Å². The summed E-state index contributed by atoms with van der Waals surface area (Å²) in [4.78, 5) is 18.9. The second-order valence-corrected chi connectivity index (χ2v) is 10.9. The van der Waals surface area contributed by atoms with E-state index in [9.17, 15) is 13.2 Å². The molecule has 1 fully saturated rings. The van der Waals surface area contributed by atoms with Gasteiger partial charge in [-0.05, 0) is 55.8 Å². The fraction of sp³-hybridized carbons (Fsp3) is 0.364. The fourth-order valence-corrected chi connectivity index (χ4v) is 5.93. The second-order valence-electron chi connectivity index (χ2n) is 8.52. The first kappa shape index (κ1) is 21.2. The van der Waals surface area contributed by atoms with Crippen molar-refractivity contribution in [2.45, 2.75) is 18.3 Å². The van der Waals surface area contributed by atoms with Gasteiger partial charge in [0.15, 0.2) is 5.58 Å². The second kappa shape index (κ2) is 7.75. The topological polar surface area (TPSA) is 95.8 Å². The molecule has 5 rings (SSSR count). The number of likely N-dealkylation sites (tertiary alicyclic amines) is 1. The van der Waals surface area contributed by atoms with Crippen LogP contribution in [0.15, 0.2) is 46.9 Å². The molecule has 0 radical (unpaired) electrons. The lowest BCUT2D eigenvalue weighted by Crippen LogP contribution is -2.47. The zero-order valence-electron chi connectivity index (χ0n) is 17.5. The van der Waals surface area contributed by atoms with Crippen LogP contribution in [0.3, 0.4) is 0 Å². The van der Waals surface area contributed by atoms with Crippen LogP contribution >= 0.6 is 11.6 Å². The summed E-state index contributed by atoms with van der Waals surface area (Å²) in [6.07, 6.45) is 2.82. The van der Waals surface area contributed by atoms with Gasteiger partial charge in [-0.3, -0.25) is 19.3 Å². The summed E-state index contributed by atoms with van der Waals surface area (Å²) >= 11 is 5.97. The molecule has 168 valence electrons. The standard InChI is InChI=1S/C22H23ClN4O4S/c1-32(29,30)27-14-22(16-4-2-3-5-18(16)27)8-10-26(11-9-22)13-20(28)25-21-24-17-12-15(23)6-7-19(17)31-21/h2-7,12H,8-11,13-14H2,1H3,(H,24,25,28). The molecule has 32 heavy (non-hydrogen) atoms. The van der Waals surface area contributed by atoms with Crippen LogP contribution in [0.1, 0.15) is 18.4 Å². The van der Waals surface area contributed by atoms with Crippen LogP contribution in [0, 0.1) is 0 Å². The molecule has 1 amide bonds. The number of para-hydroxylation sites is 1. The van der Waals surface area contributed by atoms with E-state index >= 15 is 0 Å². The number of carbonyl (C=O) groups excluding carboxylic acids is 1. The maximum atomic E-state index is 12.6. The number of rotatable bonds is 4. The number of hydrogen-bond donors (Lipinski definition) is 1. The highest BCUT2D eigenvalue weighted by molar-refractivity contribution is 7.92. The van der Waals surface area contributed by atoms with Gasteiger partial charge < -0.3 is 4.42 Å². The summed E-state index contributed by atoms with van der Waals surface area (Å²) < 4.78 is 31.7. The van der Waals surface area contributed by atoms with E-state index in [1.165, 1.54) is 10.6 Å². The van der Waals surface area contributed by atoms with E-state index in [-0.39, 0.29) is 23.9 Å². The highest BCUT2D eigenvalue weighted by Crippen LogP contribution is 2.47. The van der Waals surface area contributed by atoms with Gasteiger partial charge >= 0.3 is 6.01 Å². The van der Waals surface area contributed by atoms with Gasteiger partial charge in [-0.2, -0.15) is 4.98 Å². The lowest BCUT2D eigenvalue weighted by molar-refractivity contribution is -0.117. The lowest BCUT2D eigenvalue weighted by Gasteiger charge is -2.39. The van der Waals surface area contributed by atoms with E-state index in [1.807, 2.05) is 24.3 Å². The zero-order chi connectivity index (χ0) is 22.5. The maximum absolute atomic E-state index is 12.6. The quantitative estimate of drug-likeness (QED) is 0.623. The van der Waals surface area contributed by atoms with Crippen LogP contribution in [-0.4, -0.2) is 56.6 Å². The molecule has 2 aromatic carbocycles. The molecule has 2 aliphatic rings. The van der Waals surface area contributed by atoms with Gasteiger partial charge in [0.25, 0.3) is 0 Å². The minimum absolute atomic E-state index is 0.147. The van der Waals surface area contributed by atoms with Crippen LogP contribution < -0.4 is 9.62 Å². The van der Waals surface area contributed by atoms with Crippen molar-refractivity contribution in [3.8, 4) is 0 Å². The Kier molecular flexibility index (Phi) is 5.15. The van der Waals surface area contributed by atoms with Crippen molar-refractivity contribution in [2.24, 2.45) is 0 Å². The Labute approximate surface area is 191 Å². The van der Waals surface area contributed by atoms with E-state index in [0.717, 1.165) is 24.1 Å². The Hall–Kier alpha value is -2.62. The minimum atomic E-state index is -3.34. The number of carbonyl (C=O) groups is 1. The molecule has 8 nitrogen and oxygen atoms in total. The van der Waals surface area contributed by atoms with Crippen molar-refractivity contribution in [1.82, 2.24) is 9.88 Å². The number of benzene rings is 2. The fourth-order valence-electron chi connectivity index (χ4n) is 4.76. The lowest BCUT2D eigenvalue weighted by atomic mass is 9.74. The number of anilines is 2. The third kappa shape index (κ3) is 3.85. The molecule has 1 aromatic heterocycles. The molecular weight excluding hydrogens is 452 g/mol. The maximum Gasteiger partial charge on any atom is 0.302 e. The number of sulfonamides is 1. The van der Waals surface area contributed by atoms with Crippen molar-refractivity contribution in [3.05, 3.63) is 53.1 Å². The SMILES string of the molecule is CS(=O)(=O)N1CC2(CCN(CC(=O)Nc3nc4cc(Cl)ccc4o3)CC2)c2ccccc21. The summed E-state index contributed by atoms with van der Waals surface area (Å²) in [6.45, 7) is 2.06. The van der Waals surface area contributed by atoms with Crippen LogP contribution in [0.5, 0.6) is 0 Å². The molecule has 1 spiro atoms. The smallest absolute Gasteiger partial charge is 0.302 e. The van der Waals surface area contributed by atoms with Crippen molar-refractivity contribution < 1.29 is 17.6 Å². The Balaban J connectivity index is 1.24. The molecule has 3 aromatic rings. The summed E-state index contributed by atoms with van der Waals surface area (Å²) in [5.41, 5.74) is 2.78. The molecule has 2 aliphatic heterocycles. The number of nitrogens with one attached hydrogen (secondary N) is 1. The highest BCUT2D eigenvalue weighted by Gasteiger charge is 2.46. The van der Waals surface area contributed by atoms with Gasteiger partial charge in [-0.15, -0.1) is 0 Å². The molecule has 10 heteroatoms. The summed E-state index contributed by atoms with van der Waals surface area (Å²) in [7, 11) is -3.34. The van der Waals surface area contributed by atoms with Crippen molar-refractivity contribution in [1.29, 1.82) is 0 Å². The Bertz CT molecular complexity index is 1300. The predicted octanol–water partition coefficient (Wildman–Crippen LogP) is 3.23. The Morgan fingerprint density at radius 2 is 1.97 bits per heavy atom. The molecule has 1 saturated heterocycles. The first-order valence-electron chi connectivity index (χ1n) is 10.4. The number of fused-ring (bicyclic) bond motifs is 3. The first-order chi connectivity index (χ1) is 15.2. The van der Waals surface area contributed by atoms with E-state index in [1.54, 1.807) is 18.2 Å². The third-order valence-electron chi connectivity index (χ3n) is 6.37. The zero-order valence-corrected chi connectivity index (χ0v) is 19.1. The first-order valence-corrected chi connectivity index (χ1v) is 12.6. The van der Waals surface area contributed by atoms with Crippen LogP contribution in [0.2, 0.25) is 5.02 Å². The van der Waals surface area contributed by atoms with Crippen LogP contribution in [0.4, 0.5) is 11.7 Å². The van der Waals surface area contributed by atoms with Gasteiger partial charge in [0.2, 0.25) is 15.9 Å². The van der Waals surface area contributed by atoms with E-state index in [2.05, 4.69) is 15.2 Å². The number of halogens is 1. The highest BCUT2D eigenvalue weighted by atomic mass is 35.5. The number of hydrogen-bond acceptors (Lipinski definition) is 6. The Morgan fingerprint density at radius 3 is 2.72 bits per heavy atom. The summed E-state index contributed by atoms with van der Waals surface area (Å²) in [6, 6.07) is 13.0. The number of nitrogens with zero attached hydrogens (tertiary/aromatic N) is 3. The van der Waals surface area contributed by atoms with Crippen LogP contribution in [0.25, 0.3) is 11.1 Å². The van der Waals surface area contributed by atoms with Gasteiger partial charge in [-0.25, -0.2) is 8.42 Å². The average molecular weight is 475 g/mol. The molecular formula is C22H23ClN4O4S. The van der Waals surface area contributed by atoms with Crippen molar-refractivity contribution in [2.75, 3.05) is 42.1 Å². The van der Waals surface area contributed by atoms with E-state index < -0.39 is 10.0 Å².